The number of nitrogens with zero attached hydrogens (tertiary/aromatic N) is 2. The first kappa shape index (κ1) is 20.9. The quantitative estimate of drug-likeness (QED) is 0.566. The van der Waals surface area contributed by atoms with Crippen LogP contribution in [0.4, 0.5) is 8.78 Å². The fourth-order valence-electron chi connectivity index (χ4n) is 2.14. The third-order valence-corrected chi connectivity index (χ3v) is 3.80. The molecule has 2 rings (SSSR count). The van der Waals surface area contributed by atoms with Crippen LogP contribution in [0.15, 0.2) is 58.7 Å². The molecule has 0 bridgehead atoms. The van der Waals surface area contributed by atoms with Gasteiger partial charge < -0.3 is 0 Å². The molecule has 0 heterocycles. The van der Waals surface area contributed by atoms with Crippen LogP contribution < -0.4 is 10.9 Å². The molecule has 0 aliphatic rings. The predicted molar refractivity (Wildman–Crippen MR) is 103 cm³/mol. The highest BCUT2D eigenvalue weighted by Crippen LogP contribution is 2.05. The summed E-state index contributed by atoms with van der Waals surface area (Å²) in [5, 5.41) is 7.86. The lowest BCUT2D eigenvalue weighted by Crippen LogP contribution is -2.24. The number of nitrogens with one attached hydrogen (secondary N) is 2. The maximum absolute atomic E-state index is 12.9. The van der Waals surface area contributed by atoms with E-state index in [1.54, 1.807) is 38.1 Å². The molecular weight excluding hydrogens is 366 g/mol. The lowest BCUT2D eigenvalue weighted by molar-refractivity contribution is -0.126. The second kappa shape index (κ2) is 10.1. The Morgan fingerprint density at radius 3 is 1.36 bits per heavy atom. The molecule has 28 heavy (non-hydrogen) atoms. The van der Waals surface area contributed by atoms with Crippen molar-refractivity contribution in [2.75, 3.05) is 0 Å². The molecule has 0 radical (unpaired) electrons. The highest BCUT2D eigenvalue weighted by atomic mass is 19.1. The van der Waals surface area contributed by atoms with Gasteiger partial charge in [-0.25, -0.2) is 19.6 Å². The molecule has 146 valence electrons. The Morgan fingerprint density at radius 2 is 1.04 bits per heavy atom. The van der Waals surface area contributed by atoms with Crippen LogP contribution in [-0.4, -0.2) is 23.2 Å². The van der Waals surface area contributed by atoms with Crippen LogP contribution in [0.1, 0.15) is 37.8 Å². The van der Waals surface area contributed by atoms with E-state index in [9.17, 15) is 18.4 Å². The van der Waals surface area contributed by atoms with E-state index < -0.39 is 11.8 Å². The molecule has 0 aliphatic heterocycles. The number of hydrazone groups is 2. The van der Waals surface area contributed by atoms with Crippen molar-refractivity contribution in [2.45, 2.75) is 26.7 Å². The third kappa shape index (κ3) is 6.71. The normalized spacial score (nSPS) is 11.9. The SMILES string of the molecule is CC(=NNC(=O)CCC(=O)NN=C(C)c1ccc(F)cc1)c1ccc(F)cc1. The van der Waals surface area contributed by atoms with Gasteiger partial charge in [0, 0.05) is 12.8 Å². The molecule has 0 saturated heterocycles. The summed E-state index contributed by atoms with van der Waals surface area (Å²) in [4.78, 5) is 23.6. The van der Waals surface area contributed by atoms with Crippen molar-refractivity contribution in [3.8, 4) is 0 Å². The van der Waals surface area contributed by atoms with Crippen LogP contribution in [0.25, 0.3) is 0 Å². The highest BCUT2D eigenvalue weighted by Gasteiger charge is 2.07. The largest absolute Gasteiger partial charge is 0.273 e. The van der Waals surface area contributed by atoms with Gasteiger partial charge in [0.25, 0.3) is 0 Å². The average Bonchev–Trinajstić information content (AvgIpc) is 2.69. The number of amides is 2. The van der Waals surface area contributed by atoms with E-state index in [0.29, 0.717) is 22.6 Å². The third-order valence-electron chi connectivity index (χ3n) is 3.80. The summed E-state index contributed by atoms with van der Waals surface area (Å²) in [6.07, 6.45) is -0.145. The zero-order chi connectivity index (χ0) is 20.5. The molecule has 2 aromatic carbocycles. The van der Waals surface area contributed by atoms with Crippen LogP contribution in [0.5, 0.6) is 0 Å². The number of halogens is 2. The molecule has 2 amide bonds. The number of benzene rings is 2. The molecule has 6 nitrogen and oxygen atoms in total. The van der Waals surface area contributed by atoms with Gasteiger partial charge in [-0.15, -0.1) is 0 Å². The monoisotopic (exact) mass is 386 g/mol. The summed E-state index contributed by atoms with van der Waals surface area (Å²) in [5.41, 5.74) is 7.07. The van der Waals surface area contributed by atoms with E-state index in [0.717, 1.165) is 0 Å². The molecule has 8 heteroatoms. The lowest BCUT2D eigenvalue weighted by atomic mass is 10.1. The summed E-state index contributed by atoms with van der Waals surface area (Å²) in [7, 11) is 0. The van der Waals surface area contributed by atoms with Gasteiger partial charge in [-0.2, -0.15) is 10.2 Å². The van der Waals surface area contributed by atoms with Gasteiger partial charge in [0.15, 0.2) is 0 Å². The zero-order valence-corrected chi connectivity index (χ0v) is 15.5. The minimum absolute atomic E-state index is 0.0723. The van der Waals surface area contributed by atoms with Gasteiger partial charge in [-0.3, -0.25) is 9.59 Å². The Balaban J connectivity index is 1.78. The van der Waals surface area contributed by atoms with E-state index >= 15 is 0 Å². The maximum Gasteiger partial charge on any atom is 0.240 e. The molecule has 0 saturated carbocycles. The number of hydrogen-bond acceptors (Lipinski definition) is 4. The number of rotatable bonds is 7. The highest BCUT2D eigenvalue weighted by molar-refractivity contribution is 6.00. The Morgan fingerprint density at radius 1 is 0.714 bits per heavy atom. The molecule has 2 aromatic rings. The van der Waals surface area contributed by atoms with Gasteiger partial charge in [0.2, 0.25) is 11.8 Å². The Bertz CT molecular complexity index is 816. The first-order chi connectivity index (χ1) is 13.3. The van der Waals surface area contributed by atoms with E-state index in [-0.39, 0.29) is 24.5 Å². The summed E-state index contributed by atoms with van der Waals surface area (Å²) in [6.45, 7) is 3.35. The molecule has 0 aromatic heterocycles. The smallest absolute Gasteiger partial charge is 0.240 e. The second-order valence-corrected chi connectivity index (χ2v) is 5.98. The van der Waals surface area contributed by atoms with Gasteiger partial charge in [0.1, 0.15) is 11.6 Å². The minimum Gasteiger partial charge on any atom is -0.273 e. The molecule has 0 atom stereocenters. The van der Waals surface area contributed by atoms with Crippen molar-refractivity contribution in [1.29, 1.82) is 0 Å². The van der Waals surface area contributed by atoms with Crippen molar-refractivity contribution in [3.63, 3.8) is 0 Å². The molecule has 0 aliphatic carbocycles. The Hall–Kier alpha value is -3.42. The van der Waals surface area contributed by atoms with Gasteiger partial charge >= 0.3 is 0 Å². The van der Waals surface area contributed by atoms with Crippen molar-refractivity contribution >= 4 is 23.2 Å². The first-order valence-corrected chi connectivity index (χ1v) is 8.53. The van der Waals surface area contributed by atoms with Gasteiger partial charge in [0.05, 0.1) is 11.4 Å². The number of carbonyl (C=O) groups is 2. The maximum atomic E-state index is 12.9. The van der Waals surface area contributed by atoms with Crippen molar-refractivity contribution in [1.82, 2.24) is 10.9 Å². The van der Waals surface area contributed by atoms with E-state index in [1.807, 2.05) is 0 Å². The lowest BCUT2D eigenvalue weighted by Gasteiger charge is -2.04. The predicted octanol–water partition coefficient (Wildman–Crippen LogP) is 3.13. The molecular formula is C20H20F2N4O2. The first-order valence-electron chi connectivity index (χ1n) is 8.53. The minimum atomic E-state index is -0.434. The fraction of sp³-hybridized carbons (Fsp3) is 0.200. The topological polar surface area (TPSA) is 82.9 Å². The van der Waals surface area contributed by atoms with E-state index in [1.165, 1.54) is 24.3 Å². The molecule has 2 N–H and O–H groups in total. The van der Waals surface area contributed by atoms with Crippen molar-refractivity contribution in [3.05, 3.63) is 71.3 Å². The van der Waals surface area contributed by atoms with Gasteiger partial charge in [-0.05, 0) is 49.2 Å². The van der Waals surface area contributed by atoms with E-state index in [2.05, 4.69) is 21.1 Å². The van der Waals surface area contributed by atoms with Crippen LogP contribution in [0, 0.1) is 11.6 Å². The summed E-state index contributed by atoms with van der Waals surface area (Å²) in [5.74, 6) is -1.58. The van der Waals surface area contributed by atoms with Gasteiger partial charge in [-0.1, -0.05) is 24.3 Å². The Kier molecular flexibility index (Phi) is 7.50. The van der Waals surface area contributed by atoms with Crippen LogP contribution >= 0.6 is 0 Å². The molecule has 0 fully saturated rings. The van der Waals surface area contributed by atoms with E-state index in [4.69, 9.17) is 0 Å². The molecule has 0 unspecified atom stereocenters. The summed E-state index contributed by atoms with van der Waals surface area (Å²) in [6, 6.07) is 11.4. The van der Waals surface area contributed by atoms with Crippen LogP contribution in [0.3, 0.4) is 0 Å². The van der Waals surface area contributed by atoms with Crippen LogP contribution in [0.2, 0.25) is 0 Å². The summed E-state index contributed by atoms with van der Waals surface area (Å²) >= 11 is 0. The zero-order valence-electron chi connectivity index (χ0n) is 15.5. The molecule has 0 spiro atoms. The number of hydrogen-bond donors (Lipinski definition) is 2. The van der Waals surface area contributed by atoms with Crippen molar-refractivity contribution < 1.29 is 18.4 Å². The standard InChI is InChI=1S/C20H20F2N4O2/c1-13(15-3-7-17(21)8-4-15)23-25-19(27)11-12-20(28)26-24-14(2)16-5-9-18(22)10-6-16/h3-10H,11-12H2,1-2H3,(H,25,27)(H,26,28). The fourth-order valence-corrected chi connectivity index (χ4v) is 2.14. The van der Waals surface area contributed by atoms with Crippen LogP contribution in [-0.2, 0) is 9.59 Å². The van der Waals surface area contributed by atoms with Crippen molar-refractivity contribution in [2.24, 2.45) is 10.2 Å². The average molecular weight is 386 g/mol. The second-order valence-electron chi connectivity index (χ2n) is 5.98. The number of carbonyl (C=O) groups excluding carboxylic acids is 2. The summed E-state index contributed by atoms with van der Waals surface area (Å²) < 4.78 is 25.8. The Labute approximate surface area is 161 Å².